The summed E-state index contributed by atoms with van der Waals surface area (Å²) in [4.78, 5) is 12.5. The van der Waals surface area contributed by atoms with Gasteiger partial charge in [-0.15, -0.1) is 0 Å². The number of hydrogen-bond donors (Lipinski definition) is 3. The van der Waals surface area contributed by atoms with E-state index in [-0.39, 0.29) is 17.4 Å². The average molecular weight is 389 g/mol. The van der Waals surface area contributed by atoms with Crippen LogP contribution in [0.4, 0.5) is 0 Å². The standard InChI is InChI=1S/C23H36N2O3/c1-19(2,24)13-15(14-11-9-8-10-12-14)20(3,4)22(7)17-16(21(5,6)25)18(26)28-23(17,22)27/h8-12,15-17,27H,13,24-25H2,1-7H3. The molecule has 5 unspecified atom stereocenters. The molecule has 1 aliphatic carbocycles. The molecule has 5 N–H and O–H groups in total. The molecule has 156 valence electrons. The molecule has 0 spiro atoms. The highest BCUT2D eigenvalue weighted by molar-refractivity contribution is 5.80. The van der Waals surface area contributed by atoms with Crippen molar-refractivity contribution in [3.05, 3.63) is 35.9 Å². The van der Waals surface area contributed by atoms with Gasteiger partial charge in [0.25, 0.3) is 0 Å². The summed E-state index contributed by atoms with van der Waals surface area (Å²) in [5, 5.41) is 11.4. The van der Waals surface area contributed by atoms with Crippen LogP contribution in [0.5, 0.6) is 0 Å². The van der Waals surface area contributed by atoms with Crippen molar-refractivity contribution in [2.24, 2.45) is 34.1 Å². The maximum Gasteiger partial charge on any atom is 0.313 e. The van der Waals surface area contributed by atoms with Gasteiger partial charge in [-0.3, -0.25) is 4.79 Å². The van der Waals surface area contributed by atoms with Gasteiger partial charge in [0.2, 0.25) is 5.79 Å². The summed E-state index contributed by atoms with van der Waals surface area (Å²) < 4.78 is 5.59. The highest BCUT2D eigenvalue weighted by atomic mass is 16.7. The minimum absolute atomic E-state index is 0.0774. The number of rotatable bonds is 6. The van der Waals surface area contributed by atoms with Gasteiger partial charge in [0, 0.05) is 16.5 Å². The molecule has 1 saturated heterocycles. The summed E-state index contributed by atoms with van der Waals surface area (Å²) in [6.07, 6.45) is 0.743. The van der Waals surface area contributed by atoms with Gasteiger partial charge in [0.1, 0.15) is 0 Å². The third kappa shape index (κ3) is 2.90. The number of hydrogen-bond acceptors (Lipinski definition) is 5. The summed E-state index contributed by atoms with van der Waals surface area (Å²) in [5.41, 5.74) is 11.8. The van der Waals surface area contributed by atoms with Gasteiger partial charge in [-0.1, -0.05) is 51.1 Å². The molecule has 0 radical (unpaired) electrons. The minimum atomic E-state index is -1.49. The van der Waals surface area contributed by atoms with Crippen LogP contribution in [0.1, 0.15) is 66.4 Å². The lowest BCUT2D eigenvalue weighted by Gasteiger charge is -2.45. The van der Waals surface area contributed by atoms with Crippen molar-refractivity contribution in [3.8, 4) is 0 Å². The first-order valence-corrected chi connectivity index (χ1v) is 10.2. The van der Waals surface area contributed by atoms with Gasteiger partial charge in [0.15, 0.2) is 0 Å². The number of ether oxygens (including phenoxy) is 1. The Balaban J connectivity index is 2.06. The first-order chi connectivity index (χ1) is 12.6. The molecule has 1 saturated carbocycles. The zero-order chi connectivity index (χ0) is 21.3. The van der Waals surface area contributed by atoms with E-state index in [1.54, 1.807) is 0 Å². The van der Waals surface area contributed by atoms with Crippen LogP contribution in [0.3, 0.4) is 0 Å². The summed E-state index contributed by atoms with van der Waals surface area (Å²) in [6, 6.07) is 10.3. The Morgan fingerprint density at radius 2 is 1.64 bits per heavy atom. The maximum atomic E-state index is 12.5. The smallest absolute Gasteiger partial charge is 0.313 e. The summed E-state index contributed by atoms with van der Waals surface area (Å²) in [5.74, 6) is -2.68. The lowest BCUT2D eigenvalue weighted by atomic mass is 9.60. The molecule has 28 heavy (non-hydrogen) atoms. The number of aliphatic hydroxyl groups is 1. The zero-order valence-corrected chi connectivity index (χ0v) is 18.2. The van der Waals surface area contributed by atoms with E-state index in [0.717, 1.165) is 6.42 Å². The van der Waals surface area contributed by atoms with Crippen molar-refractivity contribution in [2.75, 3.05) is 0 Å². The van der Waals surface area contributed by atoms with Crippen LogP contribution in [0.15, 0.2) is 30.3 Å². The molecule has 2 fully saturated rings. The van der Waals surface area contributed by atoms with Crippen molar-refractivity contribution >= 4 is 5.97 Å². The van der Waals surface area contributed by atoms with E-state index in [2.05, 4.69) is 26.0 Å². The number of fused-ring (bicyclic) bond motifs is 1. The fourth-order valence-corrected chi connectivity index (χ4v) is 5.64. The van der Waals surface area contributed by atoms with E-state index in [4.69, 9.17) is 16.2 Å². The van der Waals surface area contributed by atoms with E-state index >= 15 is 0 Å². The molecule has 5 nitrogen and oxygen atoms in total. The fourth-order valence-electron chi connectivity index (χ4n) is 5.64. The Labute approximate surface area is 168 Å². The van der Waals surface area contributed by atoms with Gasteiger partial charge in [-0.25, -0.2) is 0 Å². The molecule has 0 bridgehead atoms. The second kappa shape index (κ2) is 6.04. The number of esters is 1. The lowest BCUT2D eigenvalue weighted by Crippen LogP contribution is -2.49. The molecule has 5 heteroatoms. The fraction of sp³-hybridized carbons (Fsp3) is 0.696. The summed E-state index contributed by atoms with van der Waals surface area (Å²) in [7, 11) is 0. The molecule has 1 heterocycles. The Morgan fingerprint density at radius 3 is 2.11 bits per heavy atom. The Morgan fingerprint density at radius 1 is 1.11 bits per heavy atom. The summed E-state index contributed by atoms with van der Waals surface area (Å²) in [6.45, 7) is 14.0. The van der Waals surface area contributed by atoms with Crippen LogP contribution in [-0.4, -0.2) is 27.9 Å². The Hall–Kier alpha value is -1.43. The van der Waals surface area contributed by atoms with Crippen molar-refractivity contribution in [3.63, 3.8) is 0 Å². The molecule has 1 aromatic rings. The topological polar surface area (TPSA) is 98.6 Å². The van der Waals surface area contributed by atoms with E-state index in [9.17, 15) is 9.90 Å². The summed E-state index contributed by atoms with van der Waals surface area (Å²) >= 11 is 0. The third-order valence-corrected chi connectivity index (χ3v) is 7.49. The molecule has 0 amide bonds. The first-order valence-electron chi connectivity index (χ1n) is 10.2. The number of nitrogens with two attached hydrogens (primary N) is 2. The van der Waals surface area contributed by atoms with Crippen LogP contribution >= 0.6 is 0 Å². The molecular formula is C23H36N2O3. The van der Waals surface area contributed by atoms with Crippen molar-refractivity contribution in [1.82, 2.24) is 0 Å². The van der Waals surface area contributed by atoms with Crippen LogP contribution < -0.4 is 11.5 Å². The number of carbonyl (C=O) groups is 1. The molecule has 0 aromatic heterocycles. The molecule has 2 aliphatic rings. The van der Waals surface area contributed by atoms with Gasteiger partial charge in [-0.2, -0.15) is 0 Å². The third-order valence-electron chi connectivity index (χ3n) is 7.49. The molecular weight excluding hydrogens is 352 g/mol. The highest BCUT2D eigenvalue weighted by Gasteiger charge is 2.89. The van der Waals surface area contributed by atoms with Crippen molar-refractivity contribution in [2.45, 2.75) is 77.7 Å². The second-order valence-electron chi connectivity index (χ2n) is 11.0. The van der Waals surface area contributed by atoms with Crippen molar-refractivity contribution < 1.29 is 14.6 Å². The molecule has 5 atom stereocenters. The predicted octanol–water partition coefficient (Wildman–Crippen LogP) is 3.16. The minimum Gasteiger partial charge on any atom is -0.432 e. The largest absolute Gasteiger partial charge is 0.432 e. The van der Waals surface area contributed by atoms with Gasteiger partial charge < -0.3 is 21.3 Å². The van der Waals surface area contributed by atoms with Crippen molar-refractivity contribution in [1.29, 1.82) is 0 Å². The second-order valence-corrected chi connectivity index (χ2v) is 11.0. The van der Waals surface area contributed by atoms with Crippen LogP contribution in [0.2, 0.25) is 0 Å². The van der Waals surface area contributed by atoms with E-state index in [1.165, 1.54) is 5.56 Å². The van der Waals surface area contributed by atoms with E-state index in [0.29, 0.717) is 0 Å². The van der Waals surface area contributed by atoms with Crippen LogP contribution in [-0.2, 0) is 9.53 Å². The number of carbonyl (C=O) groups excluding carboxylic acids is 1. The van der Waals surface area contributed by atoms with Crippen LogP contribution in [0.25, 0.3) is 0 Å². The van der Waals surface area contributed by atoms with Gasteiger partial charge >= 0.3 is 5.97 Å². The maximum absolute atomic E-state index is 12.5. The lowest BCUT2D eigenvalue weighted by molar-refractivity contribution is -0.187. The Bertz CT molecular complexity index is 762. The normalized spacial score (nSPS) is 34.0. The Kier molecular flexibility index (Phi) is 4.59. The predicted molar refractivity (Wildman–Crippen MR) is 110 cm³/mol. The highest BCUT2D eigenvalue weighted by Crippen LogP contribution is 2.79. The molecule has 1 aliphatic heterocycles. The van der Waals surface area contributed by atoms with Gasteiger partial charge in [0.05, 0.1) is 11.8 Å². The molecule has 3 rings (SSSR count). The van der Waals surface area contributed by atoms with Crippen LogP contribution in [0, 0.1) is 22.7 Å². The SMILES string of the molecule is CC(C)(N)CC(c1ccccc1)C(C)(C)C1(C)C2C(C(C)(C)N)C(=O)OC21O. The quantitative estimate of drug-likeness (QED) is 0.650. The average Bonchev–Trinajstić information content (AvgIpc) is 2.85. The monoisotopic (exact) mass is 388 g/mol. The zero-order valence-electron chi connectivity index (χ0n) is 18.2. The first kappa shape index (κ1) is 21.3. The van der Waals surface area contributed by atoms with E-state index < -0.39 is 34.0 Å². The molecule has 1 aromatic carbocycles. The number of benzene rings is 1. The van der Waals surface area contributed by atoms with E-state index in [1.807, 2.05) is 52.8 Å². The van der Waals surface area contributed by atoms with Gasteiger partial charge in [-0.05, 0) is 51.0 Å².